The lowest BCUT2D eigenvalue weighted by atomic mass is 10.3. The van der Waals surface area contributed by atoms with E-state index in [-0.39, 0.29) is 16.2 Å². The van der Waals surface area contributed by atoms with Gasteiger partial charge in [-0.05, 0) is 42.5 Å². The number of urea groups is 1. The molecular weight excluding hydrogens is 408 g/mol. The minimum absolute atomic E-state index is 0.0714. The van der Waals surface area contributed by atoms with Crippen LogP contribution in [-0.2, 0) is 10.0 Å². The number of hydrogen-bond acceptors (Lipinski definition) is 5. The second-order valence-electron chi connectivity index (χ2n) is 6.30. The van der Waals surface area contributed by atoms with E-state index in [1.807, 2.05) is 6.07 Å². The van der Waals surface area contributed by atoms with Crippen molar-refractivity contribution in [1.29, 1.82) is 0 Å². The van der Waals surface area contributed by atoms with E-state index in [2.05, 4.69) is 20.3 Å². The third-order valence-corrected chi connectivity index (χ3v) is 5.49. The molecule has 0 bridgehead atoms. The summed E-state index contributed by atoms with van der Waals surface area (Å²) in [5, 5.41) is 5.32. The highest BCUT2D eigenvalue weighted by Crippen LogP contribution is 2.22. The third-order valence-electron chi connectivity index (χ3n) is 4.11. The normalized spacial score (nSPS) is 11.2. The van der Waals surface area contributed by atoms with Gasteiger partial charge in [0, 0.05) is 17.4 Å². The summed E-state index contributed by atoms with van der Waals surface area (Å²) in [5.74, 6) is -0.667. The molecule has 4 N–H and O–H groups in total. The van der Waals surface area contributed by atoms with Crippen molar-refractivity contribution >= 4 is 44.2 Å². The van der Waals surface area contributed by atoms with E-state index in [0.29, 0.717) is 16.9 Å². The second-order valence-corrected chi connectivity index (χ2v) is 7.99. The number of aromatic amines is 1. The highest BCUT2D eigenvalue weighted by molar-refractivity contribution is 7.92. The van der Waals surface area contributed by atoms with Crippen molar-refractivity contribution in [3.8, 4) is 0 Å². The van der Waals surface area contributed by atoms with Crippen LogP contribution in [0.1, 0.15) is 0 Å². The van der Waals surface area contributed by atoms with Gasteiger partial charge < -0.3 is 15.1 Å². The molecule has 1 aromatic heterocycles. The summed E-state index contributed by atoms with van der Waals surface area (Å²) in [6, 6.07) is 18.8. The maximum Gasteiger partial charge on any atom is 0.417 e. The number of carbonyl (C=O) groups excluding carboxylic acids is 1. The number of hydrogen-bond donors (Lipinski definition) is 4. The lowest BCUT2D eigenvalue weighted by Crippen LogP contribution is -2.19. The van der Waals surface area contributed by atoms with E-state index in [1.165, 1.54) is 24.3 Å². The van der Waals surface area contributed by atoms with Gasteiger partial charge in [-0.25, -0.2) is 18.0 Å². The average Bonchev–Trinajstić information content (AvgIpc) is 3.08. The summed E-state index contributed by atoms with van der Waals surface area (Å²) < 4.78 is 32.7. The quantitative estimate of drug-likeness (QED) is 0.389. The van der Waals surface area contributed by atoms with Crippen molar-refractivity contribution < 1.29 is 17.6 Å². The first-order chi connectivity index (χ1) is 14.4. The van der Waals surface area contributed by atoms with Gasteiger partial charge in [0.25, 0.3) is 10.0 Å². The number of rotatable bonds is 5. The number of aromatic nitrogens is 1. The second kappa shape index (κ2) is 7.76. The van der Waals surface area contributed by atoms with Crippen molar-refractivity contribution in [3.05, 3.63) is 83.3 Å². The maximum absolute atomic E-state index is 12.7. The molecule has 0 aliphatic rings. The van der Waals surface area contributed by atoms with Gasteiger partial charge in [0.15, 0.2) is 5.58 Å². The predicted octanol–water partition coefficient (Wildman–Crippen LogP) is 3.57. The molecule has 0 radical (unpaired) electrons. The summed E-state index contributed by atoms with van der Waals surface area (Å²) in [6.07, 6.45) is 0. The van der Waals surface area contributed by atoms with Gasteiger partial charge in [-0.1, -0.05) is 24.3 Å². The number of para-hydroxylation sites is 1. The molecule has 0 saturated carbocycles. The number of fused-ring (bicyclic) bond motifs is 1. The Morgan fingerprint density at radius 1 is 0.833 bits per heavy atom. The number of carbonyl (C=O) groups is 1. The highest BCUT2D eigenvalue weighted by atomic mass is 32.2. The molecule has 0 fully saturated rings. The van der Waals surface area contributed by atoms with Crippen molar-refractivity contribution in [2.75, 3.05) is 15.4 Å². The Balaban J connectivity index is 1.50. The number of anilines is 3. The zero-order valence-corrected chi connectivity index (χ0v) is 16.2. The van der Waals surface area contributed by atoms with Gasteiger partial charge in [-0.2, -0.15) is 0 Å². The van der Waals surface area contributed by atoms with E-state index in [4.69, 9.17) is 4.42 Å². The number of sulfonamides is 1. The van der Waals surface area contributed by atoms with Crippen LogP contribution < -0.4 is 21.1 Å². The third kappa shape index (κ3) is 4.33. The Labute approximate surface area is 170 Å². The van der Waals surface area contributed by atoms with E-state index in [9.17, 15) is 18.0 Å². The van der Waals surface area contributed by atoms with Crippen molar-refractivity contribution in [1.82, 2.24) is 4.98 Å². The molecule has 0 atom stereocenters. The van der Waals surface area contributed by atoms with Gasteiger partial charge in [0.1, 0.15) is 0 Å². The van der Waals surface area contributed by atoms with Gasteiger partial charge in [0.05, 0.1) is 16.1 Å². The van der Waals surface area contributed by atoms with Crippen LogP contribution in [0.3, 0.4) is 0 Å². The first-order valence-electron chi connectivity index (χ1n) is 8.78. The monoisotopic (exact) mass is 424 g/mol. The molecule has 152 valence electrons. The Bertz CT molecular complexity index is 1380. The van der Waals surface area contributed by atoms with Crippen LogP contribution in [0.15, 0.2) is 86.9 Å². The van der Waals surface area contributed by atoms with E-state index < -0.39 is 21.8 Å². The number of nitrogens with one attached hydrogen (secondary N) is 4. The fraction of sp³-hybridized carbons (Fsp3) is 0. The molecule has 0 aliphatic carbocycles. The van der Waals surface area contributed by atoms with Crippen LogP contribution in [-0.4, -0.2) is 19.4 Å². The number of amides is 2. The average molecular weight is 424 g/mol. The molecule has 10 heteroatoms. The molecule has 0 unspecified atom stereocenters. The minimum atomic E-state index is -3.94. The zero-order valence-electron chi connectivity index (χ0n) is 15.4. The molecule has 4 rings (SSSR count). The van der Waals surface area contributed by atoms with Gasteiger partial charge in [-0.15, -0.1) is 0 Å². The highest BCUT2D eigenvalue weighted by Gasteiger charge is 2.16. The molecule has 9 nitrogen and oxygen atoms in total. The molecular formula is C20H16N4O5S. The Morgan fingerprint density at radius 2 is 1.53 bits per heavy atom. The Kier molecular flexibility index (Phi) is 4.98. The lowest BCUT2D eigenvalue weighted by molar-refractivity contribution is 0.262. The fourth-order valence-electron chi connectivity index (χ4n) is 2.78. The minimum Gasteiger partial charge on any atom is -0.408 e. The van der Waals surface area contributed by atoms with Crippen LogP contribution in [0.2, 0.25) is 0 Å². The maximum atomic E-state index is 12.7. The Hall–Kier alpha value is -4.05. The molecule has 1 heterocycles. The summed E-state index contributed by atoms with van der Waals surface area (Å²) in [6.45, 7) is 0. The number of benzene rings is 3. The van der Waals surface area contributed by atoms with E-state index >= 15 is 0 Å². The zero-order chi connectivity index (χ0) is 21.1. The van der Waals surface area contributed by atoms with Gasteiger partial charge >= 0.3 is 11.8 Å². The van der Waals surface area contributed by atoms with Crippen molar-refractivity contribution in [2.45, 2.75) is 4.90 Å². The SMILES string of the molecule is O=C(Nc1ccccc1)Nc1cccc(NS(=O)(=O)c2ccc3[nH]c(=O)oc3c2)c1. The summed E-state index contributed by atoms with van der Waals surface area (Å²) in [4.78, 5) is 25.8. The van der Waals surface area contributed by atoms with Crippen LogP contribution >= 0.6 is 0 Å². The molecule has 0 aliphatic heterocycles. The molecule has 2 amide bonds. The fourth-order valence-corrected chi connectivity index (χ4v) is 3.85. The van der Waals surface area contributed by atoms with E-state index in [0.717, 1.165) is 0 Å². The Morgan fingerprint density at radius 3 is 2.33 bits per heavy atom. The van der Waals surface area contributed by atoms with Crippen molar-refractivity contribution in [3.63, 3.8) is 0 Å². The van der Waals surface area contributed by atoms with E-state index in [1.54, 1.807) is 42.5 Å². The standard InChI is InChI=1S/C20H16N4O5S/c25-19(21-13-5-2-1-3-6-13)22-14-7-4-8-15(11-14)24-30(27,28)16-9-10-17-18(12-16)29-20(26)23-17/h1-12,24H,(H,23,26)(H2,21,22,25). The van der Waals surface area contributed by atoms with Crippen LogP contribution in [0, 0.1) is 0 Å². The first kappa shape index (κ1) is 19.3. The summed E-state index contributed by atoms with van der Waals surface area (Å²) in [5.41, 5.74) is 1.81. The number of H-pyrrole nitrogens is 1. The van der Waals surface area contributed by atoms with Crippen LogP contribution in [0.25, 0.3) is 11.1 Å². The van der Waals surface area contributed by atoms with Crippen molar-refractivity contribution in [2.24, 2.45) is 0 Å². The molecule has 30 heavy (non-hydrogen) atoms. The molecule has 0 spiro atoms. The predicted molar refractivity (Wildman–Crippen MR) is 113 cm³/mol. The topological polar surface area (TPSA) is 133 Å². The summed E-state index contributed by atoms with van der Waals surface area (Å²) >= 11 is 0. The van der Waals surface area contributed by atoms with Crippen LogP contribution in [0.5, 0.6) is 0 Å². The largest absolute Gasteiger partial charge is 0.417 e. The summed E-state index contributed by atoms with van der Waals surface area (Å²) in [7, 11) is -3.94. The first-order valence-corrected chi connectivity index (χ1v) is 10.3. The molecule has 3 aromatic carbocycles. The van der Waals surface area contributed by atoms with Gasteiger partial charge in [-0.3, -0.25) is 9.71 Å². The lowest BCUT2D eigenvalue weighted by Gasteiger charge is -2.11. The molecule has 4 aromatic rings. The van der Waals surface area contributed by atoms with Crippen LogP contribution in [0.4, 0.5) is 21.9 Å². The smallest absolute Gasteiger partial charge is 0.408 e. The van der Waals surface area contributed by atoms with Gasteiger partial charge in [0.2, 0.25) is 0 Å². The molecule has 0 saturated heterocycles. The number of oxazole rings is 1.